The Morgan fingerprint density at radius 2 is 2.24 bits per heavy atom. The SMILES string of the molecule is CCc1c(N)ncnc1N(CCOC)C1CC1. The molecule has 5 heteroatoms. The van der Waals surface area contributed by atoms with E-state index in [1.807, 2.05) is 0 Å². The Morgan fingerprint density at radius 1 is 1.47 bits per heavy atom. The largest absolute Gasteiger partial charge is 0.383 e. The Bertz CT molecular complexity index is 379. The fraction of sp³-hybridized carbons (Fsp3) is 0.667. The zero-order valence-electron chi connectivity index (χ0n) is 10.5. The topological polar surface area (TPSA) is 64.3 Å². The zero-order chi connectivity index (χ0) is 12.3. The Balaban J connectivity index is 2.25. The highest BCUT2D eigenvalue weighted by atomic mass is 16.5. The summed E-state index contributed by atoms with van der Waals surface area (Å²) in [7, 11) is 1.72. The molecule has 0 bridgehead atoms. The lowest BCUT2D eigenvalue weighted by molar-refractivity contribution is 0.204. The van der Waals surface area contributed by atoms with Gasteiger partial charge < -0.3 is 15.4 Å². The molecule has 1 aliphatic carbocycles. The second-order valence-electron chi connectivity index (χ2n) is 4.33. The maximum atomic E-state index is 5.91. The van der Waals surface area contributed by atoms with E-state index in [4.69, 9.17) is 10.5 Å². The first-order valence-corrected chi connectivity index (χ1v) is 6.12. The Morgan fingerprint density at radius 3 is 2.82 bits per heavy atom. The minimum atomic E-state index is 0.598. The highest BCUT2D eigenvalue weighted by Gasteiger charge is 2.31. The molecule has 1 aromatic heterocycles. The summed E-state index contributed by atoms with van der Waals surface area (Å²) in [5, 5.41) is 0. The maximum absolute atomic E-state index is 5.91. The first-order valence-electron chi connectivity index (χ1n) is 6.12. The quantitative estimate of drug-likeness (QED) is 0.805. The normalized spacial score (nSPS) is 14.9. The minimum Gasteiger partial charge on any atom is -0.383 e. The lowest BCUT2D eigenvalue weighted by Crippen LogP contribution is -2.31. The molecular weight excluding hydrogens is 216 g/mol. The van der Waals surface area contributed by atoms with Crippen LogP contribution in [0.5, 0.6) is 0 Å². The van der Waals surface area contributed by atoms with Crippen molar-refractivity contribution in [3.05, 3.63) is 11.9 Å². The molecule has 0 unspecified atom stereocenters. The summed E-state index contributed by atoms with van der Waals surface area (Å²) in [6.07, 6.45) is 4.87. The van der Waals surface area contributed by atoms with Gasteiger partial charge in [-0.05, 0) is 19.3 Å². The standard InChI is InChI=1S/C12H20N4O/c1-3-10-11(13)14-8-15-12(10)16(6-7-17-2)9-4-5-9/h8-9H,3-7H2,1-2H3,(H2,13,14,15). The van der Waals surface area contributed by atoms with Crippen LogP contribution in [0.15, 0.2) is 6.33 Å². The average Bonchev–Trinajstić information content (AvgIpc) is 3.14. The van der Waals surface area contributed by atoms with Gasteiger partial charge in [0.05, 0.1) is 6.61 Å². The summed E-state index contributed by atoms with van der Waals surface area (Å²) in [6.45, 7) is 3.66. The summed E-state index contributed by atoms with van der Waals surface area (Å²) in [5.74, 6) is 1.58. The molecule has 2 rings (SSSR count). The summed E-state index contributed by atoms with van der Waals surface area (Å²) < 4.78 is 5.16. The van der Waals surface area contributed by atoms with Crippen LogP contribution in [-0.4, -0.2) is 36.3 Å². The molecule has 0 radical (unpaired) electrons. The van der Waals surface area contributed by atoms with Crippen molar-refractivity contribution in [2.24, 2.45) is 0 Å². The number of nitrogens with zero attached hydrogens (tertiary/aromatic N) is 3. The Labute approximate surface area is 102 Å². The molecule has 1 aromatic rings. The second-order valence-corrected chi connectivity index (χ2v) is 4.33. The van der Waals surface area contributed by atoms with E-state index >= 15 is 0 Å². The maximum Gasteiger partial charge on any atom is 0.137 e. The lowest BCUT2D eigenvalue weighted by atomic mass is 10.2. The molecule has 0 amide bonds. The molecular formula is C12H20N4O. The van der Waals surface area contributed by atoms with Gasteiger partial charge in [-0.15, -0.1) is 0 Å². The highest BCUT2D eigenvalue weighted by molar-refractivity contribution is 5.57. The molecule has 0 atom stereocenters. The predicted octanol–water partition coefficient (Wildman–Crippen LogP) is 1.24. The molecule has 0 aliphatic heterocycles. The zero-order valence-corrected chi connectivity index (χ0v) is 10.5. The van der Waals surface area contributed by atoms with Crippen molar-refractivity contribution in [3.8, 4) is 0 Å². The third-order valence-corrected chi connectivity index (χ3v) is 3.11. The van der Waals surface area contributed by atoms with Gasteiger partial charge in [0.15, 0.2) is 0 Å². The van der Waals surface area contributed by atoms with E-state index in [0.717, 1.165) is 24.3 Å². The average molecular weight is 236 g/mol. The van der Waals surface area contributed by atoms with Crippen LogP contribution in [0.1, 0.15) is 25.3 Å². The van der Waals surface area contributed by atoms with Crippen molar-refractivity contribution in [2.75, 3.05) is 30.9 Å². The first-order chi connectivity index (χ1) is 8.27. The van der Waals surface area contributed by atoms with Crippen LogP contribution in [0.4, 0.5) is 11.6 Å². The molecule has 94 valence electrons. The second kappa shape index (κ2) is 5.31. The molecule has 1 fully saturated rings. The van der Waals surface area contributed by atoms with Gasteiger partial charge in [-0.1, -0.05) is 6.92 Å². The van der Waals surface area contributed by atoms with Crippen molar-refractivity contribution < 1.29 is 4.74 Å². The van der Waals surface area contributed by atoms with Gasteiger partial charge in [0, 0.05) is 25.3 Å². The molecule has 0 aromatic carbocycles. The van der Waals surface area contributed by atoms with Gasteiger partial charge in [0.1, 0.15) is 18.0 Å². The predicted molar refractivity (Wildman–Crippen MR) is 68.1 cm³/mol. The molecule has 5 nitrogen and oxygen atoms in total. The van der Waals surface area contributed by atoms with Gasteiger partial charge >= 0.3 is 0 Å². The van der Waals surface area contributed by atoms with Gasteiger partial charge in [0.25, 0.3) is 0 Å². The summed E-state index contributed by atoms with van der Waals surface area (Å²) in [6, 6.07) is 0.602. The number of aromatic nitrogens is 2. The number of hydrogen-bond donors (Lipinski definition) is 1. The minimum absolute atomic E-state index is 0.598. The third kappa shape index (κ3) is 2.66. The Kier molecular flexibility index (Phi) is 3.78. The summed E-state index contributed by atoms with van der Waals surface area (Å²) >= 11 is 0. The van der Waals surface area contributed by atoms with Crippen LogP contribution < -0.4 is 10.6 Å². The highest BCUT2D eigenvalue weighted by Crippen LogP contribution is 2.33. The first kappa shape index (κ1) is 12.1. The summed E-state index contributed by atoms with van der Waals surface area (Å²) in [5.41, 5.74) is 6.96. The molecule has 2 N–H and O–H groups in total. The van der Waals surface area contributed by atoms with E-state index in [2.05, 4.69) is 21.8 Å². The number of ether oxygens (including phenoxy) is 1. The van der Waals surface area contributed by atoms with Crippen molar-refractivity contribution in [1.29, 1.82) is 0 Å². The van der Waals surface area contributed by atoms with E-state index in [-0.39, 0.29) is 0 Å². The molecule has 17 heavy (non-hydrogen) atoms. The van der Waals surface area contributed by atoms with Gasteiger partial charge in [-0.25, -0.2) is 9.97 Å². The number of rotatable bonds is 6. The van der Waals surface area contributed by atoms with E-state index in [0.29, 0.717) is 18.5 Å². The third-order valence-electron chi connectivity index (χ3n) is 3.11. The fourth-order valence-corrected chi connectivity index (χ4v) is 2.04. The van der Waals surface area contributed by atoms with E-state index in [1.165, 1.54) is 12.8 Å². The van der Waals surface area contributed by atoms with Crippen molar-refractivity contribution in [3.63, 3.8) is 0 Å². The van der Waals surface area contributed by atoms with Crippen LogP contribution in [0.3, 0.4) is 0 Å². The number of hydrogen-bond acceptors (Lipinski definition) is 5. The van der Waals surface area contributed by atoms with Crippen LogP contribution in [-0.2, 0) is 11.2 Å². The monoisotopic (exact) mass is 236 g/mol. The van der Waals surface area contributed by atoms with Crippen LogP contribution in [0, 0.1) is 0 Å². The fourth-order valence-electron chi connectivity index (χ4n) is 2.04. The smallest absolute Gasteiger partial charge is 0.137 e. The van der Waals surface area contributed by atoms with Crippen molar-refractivity contribution in [1.82, 2.24) is 9.97 Å². The number of nitrogens with two attached hydrogens (primary N) is 1. The van der Waals surface area contributed by atoms with Crippen molar-refractivity contribution in [2.45, 2.75) is 32.2 Å². The van der Waals surface area contributed by atoms with Crippen LogP contribution in [0.25, 0.3) is 0 Å². The Hall–Kier alpha value is -1.36. The lowest BCUT2D eigenvalue weighted by Gasteiger charge is -2.25. The number of methoxy groups -OCH3 is 1. The van der Waals surface area contributed by atoms with E-state index in [9.17, 15) is 0 Å². The molecule has 1 heterocycles. The molecule has 1 saturated carbocycles. The van der Waals surface area contributed by atoms with Crippen LogP contribution in [0.2, 0.25) is 0 Å². The molecule has 0 spiro atoms. The van der Waals surface area contributed by atoms with E-state index in [1.54, 1.807) is 13.4 Å². The number of nitrogen functional groups attached to an aromatic ring is 1. The van der Waals surface area contributed by atoms with Crippen LogP contribution >= 0.6 is 0 Å². The molecule has 1 aliphatic rings. The van der Waals surface area contributed by atoms with Gasteiger partial charge in [0.2, 0.25) is 0 Å². The van der Waals surface area contributed by atoms with Gasteiger partial charge in [-0.3, -0.25) is 0 Å². The van der Waals surface area contributed by atoms with Gasteiger partial charge in [-0.2, -0.15) is 0 Å². The van der Waals surface area contributed by atoms with E-state index < -0.39 is 0 Å². The van der Waals surface area contributed by atoms with Crippen molar-refractivity contribution >= 4 is 11.6 Å². The summed E-state index contributed by atoms with van der Waals surface area (Å²) in [4.78, 5) is 10.8. The molecule has 0 saturated heterocycles. The number of anilines is 2.